The Balaban J connectivity index is 1.73. The zero-order valence-electron chi connectivity index (χ0n) is 19.7. The number of unbranched alkanes of at least 4 members (excludes halogenated alkanes) is 15. The van der Waals surface area contributed by atoms with Crippen LogP contribution in [0.2, 0.25) is 0 Å². The van der Waals surface area contributed by atoms with Gasteiger partial charge in [-0.15, -0.1) is 0 Å². The number of nitrogens with one attached hydrogen (secondary N) is 1. The van der Waals surface area contributed by atoms with Crippen molar-refractivity contribution >= 4 is 6.09 Å². The smallest absolute Gasteiger partial charge is 0.407 e. The highest BCUT2D eigenvalue weighted by atomic mass is 16.6. The Morgan fingerprint density at radius 3 is 1.73 bits per heavy atom. The van der Waals surface area contributed by atoms with Crippen LogP contribution in [0.4, 0.5) is 4.79 Å². The molecule has 0 aromatic heterocycles. The zero-order valence-corrected chi connectivity index (χ0v) is 19.7. The first kappa shape index (κ1) is 27.2. The molecular formula is C25H49NO4. The van der Waals surface area contributed by atoms with E-state index in [0.29, 0.717) is 6.54 Å². The average Bonchev–Trinajstić information content (AvgIpc) is 3.22. The first-order valence-corrected chi connectivity index (χ1v) is 12.9. The second-order valence-electron chi connectivity index (χ2n) is 8.97. The Morgan fingerprint density at radius 1 is 0.800 bits per heavy atom. The summed E-state index contributed by atoms with van der Waals surface area (Å²) in [6.07, 6.45) is 22.8. The van der Waals surface area contributed by atoms with Gasteiger partial charge in [-0.2, -0.15) is 0 Å². The van der Waals surface area contributed by atoms with Gasteiger partial charge in [-0.3, -0.25) is 0 Å². The monoisotopic (exact) mass is 427 g/mol. The number of carbonyl (C=O) groups excluding carboxylic acids is 1. The molecule has 1 amide bonds. The minimum Gasteiger partial charge on any atom is -0.447 e. The molecule has 1 rings (SSSR count). The van der Waals surface area contributed by atoms with E-state index in [1.807, 2.05) is 0 Å². The highest BCUT2D eigenvalue weighted by molar-refractivity contribution is 5.67. The number of alkyl carbamates (subject to hydrolysis) is 1. The van der Waals surface area contributed by atoms with Gasteiger partial charge in [0.2, 0.25) is 0 Å². The summed E-state index contributed by atoms with van der Waals surface area (Å²) in [4.78, 5) is 11.7. The zero-order chi connectivity index (χ0) is 21.7. The van der Waals surface area contributed by atoms with Crippen LogP contribution in [0.15, 0.2) is 0 Å². The summed E-state index contributed by atoms with van der Waals surface area (Å²) in [5, 5.41) is 11.8. The number of aliphatic hydroxyl groups is 1. The fourth-order valence-electron chi connectivity index (χ4n) is 4.12. The van der Waals surface area contributed by atoms with Gasteiger partial charge in [0, 0.05) is 6.54 Å². The standard InChI is InChI=1S/C25H49NO4/c1-2-3-4-5-6-7-8-9-10-11-12-13-14-15-16-17-20-26-25(28)29-22-24-19-18-23(21-27)30-24/h23-24,27H,2-22H2,1H3,(H,26,28)/t23-,24+/m1/s1. The molecule has 1 aliphatic heterocycles. The van der Waals surface area contributed by atoms with Crippen molar-refractivity contribution in [1.82, 2.24) is 5.32 Å². The molecule has 30 heavy (non-hydrogen) atoms. The number of ether oxygens (including phenoxy) is 2. The van der Waals surface area contributed by atoms with Crippen LogP contribution in [0.3, 0.4) is 0 Å². The van der Waals surface area contributed by atoms with Gasteiger partial charge in [0.15, 0.2) is 0 Å². The van der Waals surface area contributed by atoms with Crippen molar-refractivity contribution in [3.8, 4) is 0 Å². The summed E-state index contributed by atoms with van der Waals surface area (Å²) >= 11 is 0. The minimum absolute atomic E-state index is 0.0436. The molecule has 1 fully saturated rings. The molecule has 0 aromatic carbocycles. The number of rotatable bonds is 20. The predicted molar refractivity (Wildman–Crippen MR) is 124 cm³/mol. The Bertz CT molecular complexity index is 391. The summed E-state index contributed by atoms with van der Waals surface area (Å²) in [7, 11) is 0. The lowest BCUT2D eigenvalue weighted by Crippen LogP contribution is -2.29. The van der Waals surface area contributed by atoms with E-state index >= 15 is 0 Å². The molecule has 5 nitrogen and oxygen atoms in total. The Hall–Kier alpha value is -0.810. The topological polar surface area (TPSA) is 67.8 Å². The Kier molecular flexibility index (Phi) is 18.3. The third-order valence-electron chi connectivity index (χ3n) is 6.10. The van der Waals surface area contributed by atoms with Gasteiger partial charge >= 0.3 is 6.09 Å². The molecule has 0 aliphatic carbocycles. The normalized spacial score (nSPS) is 18.6. The second-order valence-corrected chi connectivity index (χ2v) is 8.97. The lowest BCUT2D eigenvalue weighted by atomic mass is 10.0. The van der Waals surface area contributed by atoms with Crippen molar-refractivity contribution in [2.45, 2.75) is 135 Å². The molecule has 1 heterocycles. The molecular weight excluding hydrogens is 378 g/mol. The summed E-state index contributed by atoms with van der Waals surface area (Å²) in [5.41, 5.74) is 0. The summed E-state index contributed by atoms with van der Waals surface area (Å²) < 4.78 is 10.7. The van der Waals surface area contributed by atoms with E-state index in [4.69, 9.17) is 14.6 Å². The second kappa shape index (κ2) is 20.1. The van der Waals surface area contributed by atoms with Crippen LogP contribution in [-0.2, 0) is 9.47 Å². The molecule has 0 radical (unpaired) electrons. The van der Waals surface area contributed by atoms with Crippen molar-refractivity contribution < 1.29 is 19.4 Å². The van der Waals surface area contributed by atoms with Crippen LogP contribution in [0.1, 0.15) is 122 Å². The fraction of sp³-hybridized carbons (Fsp3) is 0.960. The van der Waals surface area contributed by atoms with Crippen molar-refractivity contribution in [3.05, 3.63) is 0 Å². The largest absolute Gasteiger partial charge is 0.447 e. The van der Waals surface area contributed by atoms with Gasteiger partial charge in [0.1, 0.15) is 6.61 Å². The maximum absolute atomic E-state index is 11.7. The van der Waals surface area contributed by atoms with E-state index in [0.717, 1.165) is 19.3 Å². The van der Waals surface area contributed by atoms with Crippen LogP contribution in [0.25, 0.3) is 0 Å². The van der Waals surface area contributed by atoms with E-state index in [1.165, 1.54) is 96.3 Å². The predicted octanol–water partition coefficient (Wildman–Crippen LogP) is 6.51. The number of amides is 1. The fourth-order valence-corrected chi connectivity index (χ4v) is 4.12. The average molecular weight is 428 g/mol. The first-order valence-electron chi connectivity index (χ1n) is 12.9. The highest BCUT2D eigenvalue weighted by Crippen LogP contribution is 2.19. The molecule has 0 spiro atoms. The van der Waals surface area contributed by atoms with Gasteiger partial charge in [-0.1, -0.05) is 103 Å². The Morgan fingerprint density at radius 2 is 1.27 bits per heavy atom. The molecule has 2 atom stereocenters. The molecule has 0 saturated carbocycles. The molecule has 0 unspecified atom stereocenters. The van der Waals surface area contributed by atoms with Gasteiger partial charge in [0.05, 0.1) is 18.8 Å². The lowest BCUT2D eigenvalue weighted by Gasteiger charge is -2.13. The van der Waals surface area contributed by atoms with Crippen molar-refractivity contribution in [1.29, 1.82) is 0 Å². The molecule has 1 saturated heterocycles. The summed E-state index contributed by atoms with van der Waals surface area (Å²) in [5.74, 6) is 0. The number of carbonyl (C=O) groups is 1. The van der Waals surface area contributed by atoms with E-state index in [1.54, 1.807) is 0 Å². The van der Waals surface area contributed by atoms with Crippen LogP contribution in [-0.4, -0.2) is 43.2 Å². The van der Waals surface area contributed by atoms with E-state index in [9.17, 15) is 4.79 Å². The quantitative estimate of drug-likeness (QED) is 0.217. The summed E-state index contributed by atoms with van der Waals surface area (Å²) in [6, 6.07) is 0. The van der Waals surface area contributed by atoms with Gasteiger partial charge in [-0.05, 0) is 19.3 Å². The first-order chi connectivity index (χ1) is 14.8. The molecule has 1 aliphatic rings. The van der Waals surface area contributed by atoms with Gasteiger partial charge < -0.3 is 19.9 Å². The van der Waals surface area contributed by atoms with E-state index in [2.05, 4.69) is 12.2 Å². The van der Waals surface area contributed by atoms with Crippen molar-refractivity contribution in [3.63, 3.8) is 0 Å². The van der Waals surface area contributed by atoms with Gasteiger partial charge in [-0.25, -0.2) is 4.79 Å². The lowest BCUT2D eigenvalue weighted by molar-refractivity contribution is -0.0161. The maximum atomic E-state index is 11.7. The molecule has 0 bridgehead atoms. The van der Waals surface area contributed by atoms with Gasteiger partial charge in [0.25, 0.3) is 0 Å². The van der Waals surface area contributed by atoms with Crippen LogP contribution in [0.5, 0.6) is 0 Å². The molecule has 5 heteroatoms. The van der Waals surface area contributed by atoms with Crippen LogP contribution >= 0.6 is 0 Å². The number of hydrogen-bond acceptors (Lipinski definition) is 4. The number of aliphatic hydroxyl groups excluding tert-OH is 1. The summed E-state index contributed by atoms with van der Waals surface area (Å²) in [6.45, 7) is 3.28. The van der Waals surface area contributed by atoms with Crippen molar-refractivity contribution in [2.75, 3.05) is 19.8 Å². The maximum Gasteiger partial charge on any atom is 0.407 e. The number of hydrogen-bond donors (Lipinski definition) is 2. The van der Waals surface area contributed by atoms with Crippen LogP contribution < -0.4 is 5.32 Å². The van der Waals surface area contributed by atoms with Crippen LogP contribution in [0, 0.1) is 0 Å². The van der Waals surface area contributed by atoms with E-state index in [-0.39, 0.29) is 31.5 Å². The Labute approximate surface area is 185 Å². The minimum atomic E-state index is -0.355. The van der Waals surface area contributed by atoms with Crippen molar-refractivity contribution in [2.24, 2.45) is 0 Å². The highest BCUT2D eigenvalue weighted by Gasteiger charge is 2.25. The SMILES string of the molecule is CCCCCCCCCCCCCCCCCCNC(=O)OC[C@@H]1CC[C@H](CO)O1. The third kappa shape index (κ3) is 16.0. The molecule has 0 aromatic rings. The molecule has 178 valence electrons. The third-order valence-corrected chi connectivity index (χ3v) is 6.10. The molecule has 2 N–H and O–H groups in total. The van der Waals surface area contributed by atoms with E-state index < -0.39 is 0 Å².